The molecule has 0 bridgehead atoms. The lowest BCUT2D eigenvalue weighted by Gasteiger charge is -2.19. The van der Waals surface area contributed by atoms with Gasteiger partial charge < -0.3 is 36.1 Å². The van der Waals surface area contributed by atoms with Crippen molar-refractivity contribution in [1.82, 2.24) is 15.5 Å². The highest BCUT2D eigenvalue weighted by Crippen LogP contribution is 2.28. The summed E-state index contributed by atoms with van der Waals surface area (Å²) in [4.78, 5) is 23.4. The molecule has 1 atom stereocenters. The van der Waals surface area contributed by atoms with Crippen LogP contribution in [0.25, 0.3) is 0 Å². The van der Waals surface area contributed by atoms with E-state index in [4.69, 9.17) is 15.2 Å². The van der Waals surface area contributed by atoms with Crippen molar-refractivity contribution in [2.24, 2.45) is 5.73 Å². The summed E-state index contributed by atoms with van der Waals surface area (Å²) >= 11 is 0. The molecule has 11 heteroatoms. The number of carbonyl (C=O) groups excluding carboxylic acids is 2. The number of hydrogen-bond acceptors (Lipinski definition) is 8. The van der Waals surface area contributed by atoms with Crippen LogP contribution in [0.15, 0.2) is 41.9 Å². The van der Waals surface area contributed by atoms with Gasteiger partial charge in [-0.1, -0.05) is 19.9 Å². The highest BCUT2D eigenvalue weighted by Gasteiger charge is 2.19. The van der Waals surface area contributed by atoms with Crippen molar-refractivity contribution in [3.63, 3.8) is 0 Å². The molecule has 1 aromatic carbocycles. The van der Waals surface area contributed by atoms with Gasteiger partial charge in [-0.15, -0.1) is 12.8 Å². The molecule has 0 heterocycles. The topological polar surface area (TPSA) is 146 Å². The van der Waals surface area contributed by atoms with Gasteiger partial charge in [-0.2, -0.15) is 0 Å². The maximum atomic E-state index is 14.2. The highest BCUT2D eigenvalue weighted by molar-refractivity contribution is 5.87. The minimum Gasteiger partial charge on any atom is -0.487 e. The molecule has 1 saturated carbocycles. The van der Waals surface area contributed by atoms with E-state index in [2.05, 4.69) is 23.5 Å². The second-order valence-corrected chi connectivity index (χ2v) is 8.11. The average molecular weight is 551 g/mol. The van der Waals surface area contributed by atoms with Gasteiger partial charge in [0.2, 0.25) is 12.3 Å². The number of aliphatic hydroxyl groups excluding tert-OH is 2. The number of terminal acetylenes is 1. The summed E-state index contributed by atoms with van der Waals surface area (Å²) in [6, 6.07) is 4.26. The number of hydrogen-bond donors (Lipinski definition) is 5. The first-order chi connectivity index (χ1) is 18.9. The third-order valence-corrected chi connectivity index (χ3v) is 5.54. The molecule has 1 fully saturated rings. The second kappa shape index (κ2) is 21.4. The maximum Gasteiger partial charge on any atom is 0.245 e. The van der Waals surface area contributed by atoms with Crippen LogP contribution < -0.4 is 21.1 Å². The van der Waals surface area contributed by atoms with E-state index in [0.29, 0.717) is 17.7 Å². The van der Waals surface area contributed by atoms with Crippen molar-refractivity contribution in [1.29, 1.82) is 0 Å². The predicted molar refractivity (Wildman–Crippen MR) is 148 cm³/mol. The van der Waals surface area contributed by atoms with E-state index in [1.54, 1.807) is 0 Å². The Morgan fingerprint density at radius 2 is 1.97 bits per heavy atom. The smallest absolute Gasteiger partial charge is 0.245 e. The lowest BCUT2D eigenvalue weighted by Crippen LogP contribution is -2.27. The maximum absolute atomic E-state index is 14.2. The van der Waals surface area contributed by atoms with Gasteiger partial charge in [0.1, 0.15) is 6.73 Å². The SMILES string of the molecule is C#C.CC.CNC(=O)/C=C\N(C=O)COCC/C(NC[C@@H](O)c1ccc(F)c(OC2CCCC2)c1)=C(/N)CO. The van der Waals surface area contributed by atoms with E-state index in [0.717, 1.165) is 30.6 Å². The van der Waals surface area contributed by atoms with Crippen molar-refractivity contribution in [2.75, 3.05) is 33.5 Å². The third kappa shape index (κ3) is 13.7. The molecule has 1 aliphatic carbocycles. The number of aliphatic hydroxyl groups is 2. The minimum atomic E-state index is -0.982. The van der Waals surface area contributed by atoms with Gasteiger partial charge in [-0.25, -0.2) is 4.39 Å². The van der Waals surface area contributed by atoms with E-state index in [9.17, 15) is 24.2 Å². The molecule has 0 aromatic heterocycles. The Kier molecular flexibility index (Phi) is 19.4. The Labute approximate surface area is 231 Å². The summed E-state index contributed by atoms with van der Waals surface area (Å²) in [5.74, 6) is -0.714. The van der Waals surface area contributed by atoms with Gasteiger partial charge in [-0.05, 0) is 43.4 Å². The summed E-state index contributed by atoms with van der Waals surface area (Å²) in [6.07, 6.45) is 14.2. The van der Waals surface area contributed by atoms with Crippen molar-refractivity contribution in [3.05, 3.63) is 53.2 Å². The van der Waals surface area contributed by atoms with Crippen LogP contribution in [-0.4, -0.2) is 67.1 Å². The van der Waals surface area contributed by atoms with Crippen LogP contribution in [-0.2, 0) is 14.3 Å². The first-order valence-electron chi connectivity index (χ1n) is 12.9. The summed E-state index contributed by atoms with van der Waals surface area (Å²) in [7, 11) is 1.47. The summed E-state index contributed by atoms with van der Waals surface area (Å²) in [5.41, 5.74) is 7.01. The largest absolute Gasteiger partial charge is 0.487 e. The van der Waals surface area contributed by atoms with Gasteiger partial charge >= 0.3 is 0 Å². The van der Waals surface area contributed by atoms with Crippen LogP contribution in [0.3, 0.4) is 0 Å². The van der Waals surface area contributed by atoms with Crippen molar-refractivity contribution in [2.45, 2.75) is 58.2 Å². The van der Waals surface area contributed by atoms with Crippen LogP contribution in [0, 0.1) is 18.7 Å². The molecule has 0 saturated heterocycles. The Balaban J connectivity index is 0.00000344. The zero-order chi connectivity index (χ0) is 29.6. The Hall–Kier alpha value is -3.59. The standard InChI is InChI=1S/C24H35FN4O6.C2H6.C2H2/c1-27-24(33)8-10-29(15-31)16-34-11-9-21(20(26)14-30)28-13-22(32)17-6-7-19(25)23(12-17)35-18-4-2-3-5-18;2*1-2/h6-8,10,12,15,18,22,28,30,32H,2-5,9,11,13-14,16,26H2,1H3,(H,27,33);1-2H3;1-2H/b10-8-,21-20-;;/t22-;;/m1../s1. The number of likely N-dealkylation sites (N-methyl/N-ethyl adjacent to an activating group) is 1. The fourth-order valence-corrected chi connectivity index (χ4v) is 3.50. The number of benzene rings is 1. The van der Waals surface area contributed by atoms with E-state index in [1.807, 2.05) is 13.8 Å². The number of ether oxygens (including phenoxy) is 2. The number of nitrogens with zero attached hydrogens (tertiary/aromatic N) is 1. The van der Waals surface area contributed by atoms with Crippen molar-refractivity contribution < 1.29 is 33.7 Å². The number of rotatable bonds is 15. The molecule has 6 N–H and O–H groups in total. The monoisotopic (exact) mass is 550 g/mol. The highest BCUT2D eigenvalue weighted by atomic mass is 19.1. The molecular formula is C28H43FN4O6. The minimum absolute atomic E-state index is 0.0108. The van der Waals surface area contributed by atoms with Gasteiger partial charge in [0, 0.05) is 38.0 Å². The van der Waals surface area contributed by atoms with Crippen molar-refractivity contribution >= 4 is 12.3 Å². The number of halogens is 1. The molecule has 2 rings (SSSR count). The predicted octanol–water partition coefficient (Wildman–Crippen LogP) is 2.29. The van der Waals surface area contributed by atoms with E-state index in [1.165, 1.54) is 37.5 Å². The van der Waals surface area contributed by atoms with Gasteiger partial charge in [0.15, 0.2) is 11.6 Å². The Morgan fingerprint density at radius 1 is 1.31 bits per heavy atom. The van der Waals surface area contributed by atoms with Gasteiger partial charge in [-0.3, -0.25) is 14.5 Å². The molecule has 0 radical (unpaired) electrons. The normalized spacial score (nSPS) is 14.2. The molecule has 10 nitrogen and oxygen atoms in total. The van der Waals surface area contributed by atoms with E-state index >= 15 is 0 Å². The number of amides is 2. The quantitative estimate of drug-likeness (QED) is 0.0735. The first-order valence-corrected chi connectivity index (χ1v) is 12.9. The Bertz CT molecular complexity index is 932. The average Bonchev–Trinajstić information content (AvgIpc) is 3.49. The van der Waals surface area contributed by atoms with Gasteiger partial charge in [0.25, 0.3) is 0 Å². The molecule has 218 valence electrons. The lowest BCUT2D eigenvalue weighted by molar-refractivity contribution is -0.120. The molecule has 0 aliphatic heterocycles. The zero-order valence-electron chi connectivity index (χ0n) is 23.1. The first kappa shape index (κ1) is 35.4. The lowest BCUT2D eigenvalue weighted by atomic mass is 10.1. The fraction of sp³-hybridized carbons (Fsp3) is 0.500. The Morgan fingerprint density at radius 3 is 2.56 bits per heavy atom. The summed E-state index contributed by atoms with van der Waals surface area (Å²) in [6.45, 7) is 3.71. The zero-order valence-corrected chi connectivity index (χ0v) is 23.1. The molecular weight excluding hydrogens is 507 g/mol. The van der Waals surface area contributed by atoms with Crippen molar-refractivity contribution in [3.8, 4) is 18.6 Å². The number of carbonyl (C=O) groups is 2. The second-order valence-electron chi connectivity index (χ2n) is 8.11. The van der Waals surface area contributed by atoms with Crippen LogP contribution >= 0.6 is 0 Å². The third-order valence-electron chi connectivity index (χ3n) is 5.54. The number of nitrogens with one attached hydrogen (secondary N) is 2. The molecule has 1 aliphatic rings. The van der Waals surface area contributed by atoms with Gasteiger partial charge in [0.05, 0.1) is 31.1 Å². The molecule has 1 aromatic rings. The summed E-state index contributed by atoms with van der Waals surface area (Å²) in [5, 5.41) is 25.5. The number of nitrogens with two attached hydrogens (primary N) is 1. The van der Waals surface area contributed by atoms with Crippen LogP contribution in [0.4, 0.5) is 4.39 Å². The van der Waals surface area contributed by atoms with E-state index in [-0.39, 0.29) is 49.8 Å². The molecule has 0 spiro atoms. The van der Waals surface area contributed by atoms with Crippen LogP contribution in [0.5, 0.6) is 5.75 Å². The fourth-order valence-electron chi connectivity index (χ4n) is 3.50. The summed E-state index contributed by atoms with van der Waals surface area (Å²) < 4.78 is 25.4. The molecule has 0 unspecified atom stereocenters. The van der Waals surface area contributed by atoms with Crippen LogP contribution in [0.1, 0.15) is 57.6 Å². The van der Waals surface area contributed by atoms with Crippen LogP contribution in [0.2, 0.25) is 0 Å². The van der Waals surface area contributed by atoms with E-state index < -0.39 is 18.5 Å². The molecule has 2 amide bonds. The molecule has 39 heavy (non-hydrogen) atoms.